The van der Waals surface area contributed by atoms with Crippen molar-refractivity contribution in [1.82, 2.24) is 14.9 Å². The maximum absolute atomic E-state index is 12.1. The molecular weight excluding hydrogens is 284 g/mol. The molecule has 0 saturated carbocycles. The van der Waals surface area contributed by atoms with Gasteiger partial charge in [-0.25, -0.2) is 9.97 Å². The molecule has 0 fully saturated rings. The molecule has 7 heteroatoms. The lowest BCUT2D eigenvalue weighted by Crippen LogP contribution is -2.33. The number of carbonyl (C=O) groups is 3. The van der Waals surface area contributed by atoms with Gasteiger partial charge in [0, 0.05) is 25.4 Å². The molecule has 1 aromatic heterocycles. The fourth-order valence-electron chi connectivity index (χ4n) is 2.21. The van der Waals surface area contributed by atoms with E-state index < -0.39 is 0 Å². The summed E-state index contributed by atoms with van der Waals surface area (Å²) in [5.41, 5.74) is 0.749. The minimum atomic E-state index is -0.371. The van der Waals surface area contributed by atoms with Crippen LogP contribution in [-0.2, 0) is 4.79 Å². The lowest BCUT2D eigenvalue weighted by atomic mass is 10.1. The Morgan fingerprint density at radius 1 is 1.00 bits per heavy atom. The average Bonchev–Trinajstić information content (AvgIpc) is 2.78. The van der Waals surface area contributed by atoms with Crippen molar-refractivity contribution < 1.29 is 14.4 Å². The monoisotopic (exact) mass is 296 g/mol. The Balaban J connectivity index is 1.62. The standard InChI is InChI=1S/C15H12N4O3/c20-12(18-15-16-7-3-8-17-15)6-9-19-13(21)10-4-1-2-5-11(10)14(19)22/h1-5,7-8H,6,9H2,(H,16,17,18,20). The van der Waals surface area contributed by atoms with Crippen LogP contribution in [0, 0.1) is 0 Å². The van der Waals surface area contributed by atoms with Gasteiger partial charge in [-0.05, 0) is 18.2 Å². The Kier molecular flexibility index (Phi) is 3.61. The third kappa shape index (κ3) is 2.56. The van der Waals surface area contributed by atoms with Crippen molar-refractivity contribution >= 4 is 23.7 Å². The fourth-order valence-corrected chi connectivity index (χ4v) is 2.21. The Hall–Kier alpha value is -3.09. The van der Waals surface area contributed by atoms with Gasteiger partial charge in [-0.2, -0.15) is 0 Å². The van der Waals surface area contributed by atoms with Gasteiger partial charge < -0.3 is 0 Å². The number of amides is 3. The van der Waals surface area contributed by atoms with Crippen LogP contribution < -0.4 is 5.32 Å². The molecule has 2 heterocycles. The van der Waals surface area contributed by atoms with Crippen LogP contribution in [0.25, 0.3) is 0 Å². The molecular formula is C15H12N4O3. The normalized spacial score (nSPS) is 13.2. The highest BCUT2D eigenvalue weighted by molar-refractivity contribution is 6.21. The summed E-state index contributed by atoms with van der Waals surface area (Å²) in [5, 5.41) is 2.51. The minimum Gasteiger partial charge on any atom is -0.294 e. The summed E-state index contributed by atoms with van der Waals surface area (Å²) in [6.45, 7) is 0.0189. The molecule has 1 aromatic carbocycles. The summed E-state index contributed by atoms with van der Waals surface area (Å²) in [5.74, 6) is -0.911. The molecule has 110 valence electrons. The molecule has 0 atom stereocenters. The molecule has 1 aliphatic heterocycles. The molecule has 7 nitrogen and oxygen atoms in total. The highest BCUT2D eigenvalue weighted by Crippen LogP contribution is 2.22. The van der Waals surface area contributed by atoms with E-state index in [4.69, 9.17) is 0 Å². The summed E-state index contributed by atoms with van der Waals surface area (Å²) < 4.78 is 0. The topological polar surface area (TPSA) is 92.3 Å². The second kappa shape index (κ2) is 5.72. The van der Waals surface area contributed by atoms with Gasteiger partial charge in [-0.3, -0.25) is 24.6 Å². The van der Waals surface area contributed by atoms with E-state index in [9.17, 15) is 14.4 Å². The van der Waals surface area contributed by atoms with Crippen LogP contribution in [0.4, 0.5) is 5.95 Å². The lowest BCUT2D eigenvalue weighted by Gasteiger charge is -2.13. The molecule has 22 heavy (non-hydrogen) atoms. The molecule has 0 bridgehead atoms. The van der Waals surface area contributed by atoms with Crippen LogP contribution in [0.1, 0.15) is 27.1 Å². The van der Waals surface area contributed by atoms with Crippen molar-refractivity contribution in [2.45, 2.75) is 6.42 Å². The summed E-state index contributed by atoms with van der Waals surface area (Å²) in [7, 11) is 0. The molecule has 1 N–H and O–H groups in total. The molecule has 3 amide bonds. The van der Waals surface area contributed by atoms with E-state index in [1.54, 1.807) is 30.3 Å². The zero-order valence-corrected chi connectivity index (χ0v) is 11.5. The lowest BCUT2D eigenvalue weighted by molar-refractivity contribution is -0.116. The number of anilines is 1. The Morgan fingerprint density at radius 3 is 2.18 bits per heavy atom. The number of fused-ring (bicyclic) bond motifs is 1. The summed E-state index contributed by atoms with van der Waals surface area (Å²) in [4.78, 5) is 44.9. The maximum atomic E-state index is 12.1. The number of aromatic nitrogens is 2. The quantitative estimate of drug-likeness (QED) is 0.853. The van der Waals surface area contributed by atoms with Gasteiger partial charge >= 0.3 is 0 Å². The molecule has 0 unspecified atom stereocenters. The highest BCUT2D eigenvalue weighted by Gasteiger charge is 2.34. The van der Waals surface area contributed by atoms with Crippen molar-refractivity contribution in [2.75, 3.05) is 11.9 Å². The van der Waals surface area contributed by atoms with Gasteiger partial charge in [0.1, 0.15) is 0 Å². The first kappa shape index (κ1) is 13.9. The second-order valence-corrected chi connectivity index (χ2v) is 4.68. The van der Waals surface area contributed by atoms with Gasteiger partial charge in [0.05, 0.1) is 11.1 Å². The van der Waals surface area contributed by atoms with E-state index in [-0.39, 0.29) is 36.6 Å². The van der Waals surface area contributed by atoms with Crippen molar-refractivity contribution in [3.8, 4) is 0 Å². The highest BCUT2D eigenvalue weighted by atomic mass is 16.2. The third-order valence-electron chi connectivity index (χ3n) is 3.26. The Bertz CT molecular complexity index is 710. The van der Waals surface area contributed by atoms with E-state index in [0.717, 1.165) is 4.90 Å². The van der Waals surface area contributed by atoms with E-state index in [1.165, 1.54) is 12.4 Å². The fraction of sp³-hybridized carbons (Fsp3) is 0.133. The van der Waals surface area contributed by atoms with Crippen LogP contribution in [0.2, 0.25) is 0 Å². The zero-order chi connectivity index (χ0) is 15.5. The predicted molar refractivity (Wildman–Crippen MR) is 77.1 cm³/mol. The smallest absolute Gasteiger partial charge is 0.261 e. The Morgan fingerprint density at radius 2 is 1.59 bits per heavy atom. The molecule has 1 aliphatic rings. The second-order valence-electron chi connectivity index (χ2n) is 4.68. The predicted octanol–water partition coefficient (Wildman–Crippen LogP) is 1.10. The van der Waals surface area contributed by atoms with Gasteiger partial charge in [0.2, 0.25) is 11.9 Å². The zero-order valence-electron chi connectivity index (χ0n) is 11.5. The first-order chi connectivity index (χ1) is 10.7. The molecule has 0 saturated heterocycles. The average molecular weight is 296 g/mol. The summed E-state index contributed by atoms with van der Waals surface area (Å²) in [6, 6.07) is 8.25. The molecule has 3 rings (SSSR count). The minimum absolute atomic E-state index is 0.0102. The van der Waals surface area contributed by atoms with E-state index in [0.29, 0.717) is 11.1 Å². The number of carbonyl (C=O) groups excluding carboxylic acids is 3. The number of benzene rings is 1. The van der Waals surface area contributed by atoms with Crippen LogP contribution in [0.5, 0.6) is 0 Å². The largest absolute Gasteiger partial charge is 0.294 e. The van der Waals surface area contributed by atoms with E-state index in [2.05, 4.69) is 15.3 Å². The molecule has 0 aliphatic carbocycles. The maximum Gasteiger partial charge on any atom is 0.261 e. The van der Waals surface area contributed by atoms with Crippen LogP contribution in [-0.4, -0.2) is 39.1 Å². The van der Waals surface area contributed by atoms with Crippen molar-refractivity contribution in [3.05, 3.63) is 53.9 Å². The molecule has 0 spiro atoms. The van der Waals surface area contributed by atoms with Gasteiger partial charge in [0.25, 0.3) is 11.8 Å². The number of nitrogens with one attached hydrogen (secondary N) is 1. The summed E-state index contributed by atoms with van der Waals surface area (Å²) in [6.07, 6.45) is 3.00. The number of imide groups is 1. The van der Waals surface area contributed by atoms with Crippen LogP contribution in [0.3, 0.4) is 0 Å². The first-order valence-corrected chi connectivity index (χ1v) is 6.69. The van der Waals surface area contributed by atoms with Gasteiger partial charge in [0.15, 0.2) is 0 Å². The molecule has 2 aromatic rings. The van der Waals surface area contributed by atoms with Crippen molar-refractivity contribution in [1.29, 1.82) is 0 Å². The van der Waals surface area contributed by atoms with E-state index in [1.807, 2.05) is 0 Å². The van der Waals surface area contributed by atoms with Crippen LogP contribution in [0.15, 0.2) is 42.7 Å². The summed E-state index contributed by atoms with van der Waals surface area (Å²) >= 11 is 0. The number of nitrogens with zero attached hydrogens (tertiary/aromatic N) is 3. The Labute approximate surface area is 126 Å². The molecule has 0 radical (unpaired) electrons. The van der Waals surface area contributed by atoms with Crippen molar-refractivity contribution in [3.63, 3.8) is 0 Å². The number of hydrogen-bond acceptors (Lipinski definition) is 5. The number of rotatable bonds is 4. The van der Waals surface area contributed by atoms with Crippen molar-refractivity contribution in [2.24, 2.45) is 0 Å². The van der Waals surface area contributed by atoms with Gasteiger partial charge in [-0.1, -0.05) is 12.1 Å². The third-order valence-corrected chi connectivity index (χ3v) is 3.26. The first-order valence-electron chi connectivity index (χ1n) is 6.69. The SMILES string of the molecule is O=C(CCN1C(=O)c2ccccc2C1=O)Nc1ncccn1. The van der Waals surface area contributed by atoms with Gasteiger partial charge in [-0.15, -0.1) is 0 Å². The van der Waals surface area contributed by atoms with Crippen LogP contribution >= 0.6 is 0 Å². The number of hydrogen-bond donors (Lipinski definition) is 1. The van der Waals surface area contributed by atoms with E-state index >= 15 is 0 Å².